The number of alkyl halides is 2. The van der Waals surface area contributed by atoms with Crippen LogP contribution in [0.2, 0.25) is 0 Å². The number of thioether (sulfide) groups is 1. The summed E-state index contributed by atoms with van der Waals surface area (Å²) in [5.74, 6) is -0.449. The maximum atomic E-state index is 15.6. The third-order valence-corrected chi connectivity index (χ3v) is 5.29. The number of aromatic nitrogens is 4. The van der Waals surface area contributed by atoms with Gasteiger partial charge < -0.3 is 5.32 Å². The Morgan fingerprint density at radius 1 is 0.968 bits per heavy atom. The average molecular weight is 439 g/mol. The molecular weight excluding hydrogens is 420 g/mol. The summed E-state index contributed by atoms with van der Waals surface area (Å²) in [6, 6.07) is 16.1. The van der Waals surface area contributed by atoms with Crippen LogP contribution in [-0.4, -0.2) is 31.4 Å². The Morgan fingerprint density at radius 2 is 1.61 bits per heavy atom. The molecule has 2 aromatic carbocycles. The van der Waals surface area contributed by atoms with E-state index in [9.17, 15) is 4.79 Å². The topological polar surface area (TPSA) is 72.7 Å². The van der Waals surface area contributed by atoms with E-state index >= 15 is 8.78 Å². The van der Waals surface area contributed by atoms with Crippen molar-refractivity contribution in [3.8, 4) is 11.4 Å². The van der Waals surface area contributed by atoms with Gasteiger partial charge >= 0.3 is 6.05 Å². The van der Waals surface area contributed by atoms with Crippen LogP contribution >= 0.6 is 11.8 Å². The highest BCUT2D eigenvalue weighted by molar-refractivity contribution is 7.99. The smallest absolute Gasteiger partial charge is 0.325 e. The van der Waals surface area contributed by atoms with Crippen molar-refractivity contribution in [2.24, 2.45) is 0 Å². The van der Waals surface area contributed by atoms with Crippen molar-refractivity contribution in [1.29, 1.82) is 0 Å². The van der Waals surface area contributed by atoms with Crippen molar-refractivity contribution in [3.05, 3.63) is 90.8 Å². The molecular formula is C22H19F2N5OS. The van der Waals surface area contributed by atoms with Crippen molar-refractivity contribution < 1.29 is 15.0 Å². The third kappa shape index (κ3) is 4.61. The molecule has 0 radical (unpaired) electrons. The number of para-hydroxylation sites is 1. The summed E-state index contributed by atoms with van der Waals surface area (Å²) in [5, 5.41) is 10.6. The molecule has 0 spiro atoms. The number of hydrogen-bond donors (Lipinski definition) is 1. The van der Waals surface area contributed by atoms with Gasteiger partial charge in [-0.1, -0.05) is 60.3 Å². The Hall–Kier alpha value is -3.59. The number of benzene rings is 2. The first-order chi connectivity index (χ1) is 15.1. The molecule has 0 aliphatic carbocycles. The van der Waals surface area contributed by atoms with Gasteiger partial charge in [-0.3, -0.25) is 9.78 Å². The minimum atomic E-state index is -3.43. The number of pyridine rings is 1. The predicted octanol–water partition coefficient (Wildman–Crippen LogP) is 4.91. The molecule has 6 nitrogen and oxygen atoms in total. The number of nitrogens with zero attached hydrogens (tertiary/aromatic N) is 4. The van der Waals surface area contributed by atoms with Crippen LogP contribution in [0.4, 0.5) is 14.5 Å². The summed E-state index contributed by atoms with van der Waals surface area (Å²) in [6.45, 7) is 0. The van der Waals surface area contributed by atoms with E-state index in [2.05, 4.69) is 20.5 Å². The van der Waals surface area contributed by atoms with E-state index < -0.39 is 6.05 Å². The van der Waals surface area contributed by atoms with E-state index in [4.69, 9.17) is 0 Å². The minimum absolute atomic E-state index is 0. The molecule has 158 valence electrons. The maximum Gasteiger partial charge on any atom is 0.359 e. The van der Waals surface area contributed by atoms with Gasteiger partial charge in [0.15, 0.2) is 11.0 Å². The number of carbonyl (C=O) groups is 1. The molecule has 0 unspecified atom stereocenters. The molecule has 0 aliphatic rings. The van der Waals surface area contributed by atoms with E-state index in [-0.39, 0.29) is 29.6 Å². The van der Waals surface area contributed by atoms with Gasteiger partial charge in [0.05, 0.1) is 5.75 Å². The first-order valence-electron chi connectivity index (χ1n) is 9.33. The van der Waals surface area contributed by atoms with Crippen LogP contribution in [0.3, 0.4) is 0 Å². The third-order valence-electron chi connectivity index (χ3n) is 4.36. The first kappa shape index (κ1) is 20.7. The lowest BCUT2D eigenvalue weighted by Gasteiger charge is -2.21. The van der Waals surface area contributed by atoms with Crippen LogP contribution in [0.1, 0.15) is 6.99 Å². The number of nitrogens with one attached hydrogen (secondary N) is 1. The molecule has 0 aliphatic heterocycles. The molecule has 4 aromatic rings. The summed E-state index contributed by atoms with van der Waals surface area (Å²) < 4.78 is 31.9. The van der Waals surface area contributed by atoms with Crippen molar-refractivity contribution in [1.82, 2.24) is 19.7 Å². The Labute approximate surface area is 182 Å². The standard InChI is InChI=1S/C22H17F2N5OS.H2/c23-22(24,17-7-3-1-4-8-17)29-20(16-11-13-25-14-12-16)27-28-21(29)31-15-19(30)26-18-9-5-2-6-10-18;/h1-14H,15H2,(H,26,30);1H. The second-order valence-corrected chi connectivity index (χ2v) is 7.43. The van der Waals surface area contributed by atoms with Crippen molar-refractivity contribution >= 4 is 23.4 Å². The number of hydrogen-bond acceptors (Lipinski definition) is 5. The predicted molar refractivity (Wildman–Crippen MR) is 117 cm³/mol. The van der Waals surface area contributed by atoms with Crippen LogP contribution in [0.25, 0.3) is 11.4 Å². The second-order valence-electron chi connectivity index (χ2n) is 6.49. The largest absolute Gasteiger partial charge is 0.359 e. The lowest BCUT2D eigenvalue weighted by atomic mass is 10.2. The molecule has 0 saturated heterocycles. The van der Waals surface area contributed by atoms with E-state index in [1.165, 1.54) is 24.5 Å². The fraction of sp³-hybridized carbons (Fsp3) is 0.0909. The van der Waals surface area contributed by atoms with E-state index in [0.29, 0.717) is 11.3 Å². The maximum absolute atomic E-state index is 15.6. The highest BCUT2D eigenvalue weighted by Crippen LogP contribution is 2.37. The van der Waals surface area contributed by atoms with E-state index in [1.54, 1.807) is 54.6 Å². The van der Waals surface area contributed by atoms with Gasteiger partial charge in [-0.05, 0) is 24.3 Å². The van der Waals surface area contributed by atoms with Gasteiger partial charge in [-0.15, -0.1) is 10.2 Å². The highest BCUT2D eigenvalue weighted by atomic mass is 32.2. The molecule has 4 rings (SSSR count). The fourth-order valence-corrected chi connectivity index (χ4v) is 3.68. The van der Waals surface area contributed by atoms with Crippen LogP contribution in [0, 0.1) is 0 Å². The summed E-state index contributed by atoms with van der Waals surface area (Å²) in [6.07, 6.45) is 2.99. The number of carbonyl (C=O) groups excluding carboxylic acids is 1. The van der Waals surface area contributed by atoms with Gasteiger partial charge in [-0.2, -0.15) is 8.78 Å². The number of halogens is 2. The van der Waals surface area contributed by atoms with Crippen molar-refractivity contribution in [2.45, 2.75) is 11.2 Å². The number of anilines is 1. The first-order valence-corrected chi connectivity index (χ1v) is 10.3. The zero-order valence-corrected chi connectivity index (χ0v) is 17.0. The zero-order chi connectivity index (χ0) is 21.7. The summed E-state index contributed by atoms with van der Waals surface area (Å²) >= 11 is 0.893. The Kier molecular flexibility index (Phi) is 6.03. The van der Waals surface area contributed by atoms with Gasteiger partial charge in [0.1, 0.15) is 0 Å². The number of rotatable bonds is 7. The van der Waals surface area contributed by atoms with Gasteiger partial charge in [-0.25, -0.2) is 4.57 Å². The quantitative estimate of drug-likeness (QED) is 0.414. The lowest BCUT2D eigenvalue weighted by molar-refractivity contribution is -0.113. The lowest BCUT2D eigenvalue weighted by Crippen LogP contribution is -2.26. The van der Waals surface area contributed by atoms with Crippen molar-refractivity contribution in [2.75, 3.05) is 11.1 Å². The molecule has 9 heteroatoms. The summed E-state index contributed by atoms with van der Waals surface area (Å²) in [5.41, 5.74) is 0.862. The molecule has 31 heavy (non-hydrogen) atoms. The summed E-state index contributed by atoms with van der Waals surface area (Å²) in [7, 11) is 0. The van der Waals surface area contributed by atoms with E-state index in [1.807, 2.05) is 6.07 Å². The Bertz CT molecular complexity index is 1160. The Balaban J connectivity index is 0.00000289. The molecule has 2 heterocycles. The van der Waals surface area contributed by atoms with Gasteiger partial charge in [0.2, 0.25) is 5.91 Å². The normalized spacial score (nSPS) is 11.3. The van der Waals surface area contributed by atoms with Crippen LogP contribution in [0.15, 0.2) is 90.3 Å². The second kappa shape index (κ2) is 9.05. The molecule has 0 bridgehead atoms. The molecule has 2 aromatic heterocycles. The fourth-order valence-electron chi connectivity index (χ4n) is 2.92. The average Bonchev–Trinajstić information content (AvgIpc) is 3.24. The van der Waals surface area contributed by atoms with Crippen LogP contribution in [-0.2, 0) is 10.8 Å². The van der Waals surface area contributed by atoms with Crippen molar-refractivity contribution in [3.63, 3.8) is 0 Å². The monoisotopic (exact) mass is 439 g/mol. The van der Waals surface area contributed by atoms with Crippen LogP contribution < -0.4 is 5.32 Å². The van der Waals surface area contributed by atoms with Gasteiger partial charge in [0.25, 0.3) is 0 Å². The molecule has 1 amide bonds. The van der Waals surface area contributed by atoms with E-state index in [0.717, 1.165) is 16.3 Å². The molecule has 0 saturated carbocycles. The molecule has 0 fully saturated rings. The number of amides is 1. The SMILES string of the molecule is O=C(CSc1nnc(-c2ccncc2)n1C(F)(F)c1ccccc1)Nc1ccccc1.[HH]. The zero-order valence-electron chi connectivity index (χ0n) is 16.2. The molecule has 0 atom stereocenters. The Morgan fingerprint density at radius 3 is 2.29 bits per heavy atom. The highest BCUT2D eigenvalue weighted by Gasteiger charge is 2.39. The summed E-state index contributed by atoms with van der Waals surface area (Å²) in [4.78, 5) is 16.2. The van der Waals surface area contributed by atoms with Crippen LogP contribution in [0.5, 0.6) is 0 Å². The molecule has 1 N–H and O–H groups in total. The minimum Gasteiger partial charge on any atom is -0.325 e. The van der Waals surface area contributed by atoms with Gasteiger partial charge in [0, 0.05) is 30.6 Å².